The minimum absolute atomic E-state index is 0.166. The maximum absolute atomic E-state index is 13.6. The molecule has 1 heterocycles. The topological polar surface area (TPSA) is 43.8 Å². The predicted molar refractivity (Wildman–Crippen MR) is 62.4 cm³/mol. The lowest BCUT2D eigenvalue weighted by atomic mass is 10.1. The smallest absolute Gasteiger partial charge is 0.135 e. The molecule has 2 aromatic rings. The number of aryl methyl sites for hydroxylation is 1. The SMILES string of the molecule is CCc1nc(-c2c(F)cccc2F)c(N)n1C. The number of halogens is 2. The van der Waals surface area contributed by atoms with Gasteiger partial charge in [0.25, 0.3) is 0 Å². The van der Waals surface area contributed by atoms with Gasteiger partial charge >= 0.3 is 0 Å². The van der Waals surface area contributed by atoms with E-state index < -0.39 is 11.6 Å². The zero-order chi connectivity index (χ0) is 12.6. The summed E-state index contributed by atoms with van der Waals surface area (Å²) in [5.41, 5.74) is 5.82. The summed E-state index contributed by atoms with van der Waals surface area (Å²) in [4.78, 5) is 4.18. The van der Waals surface area contributed by atoms with Crippen molar-refractivity contribution in [3.05, 3.63) is 35.7 Å². The number of hydrogen-bond donors (Lipinski definition) is 1. The van der Waals surface area contributed by atoms with E-state index in [1.807, 2.05) is 6.92 Å². The van der Waals surface area contributed by atoms with Crippen LogP contribution < -0.4 is 5.73 Å². The Morgan fingerprint density at radius 1 is 1.29 bits per heavy atom. The van der Waals surface area contributed by atoms with Gasteiger partial charge in [0.1, 0.15) is 29.0 Å². The van der Waals surface area contributed by atoms with E-state index in [2.05, 4.69) is 4.98 Å². The molecular formula is C12H13F2N3. The molecule has 0 amide bonds. The molecule has 0 spiro atoms. The van der Waals surface area contributed by atoms with Gasteiger partial charge < -0.3 is 10.3 Å². The van der Waals surface area contributed by atoms with Crippen molar-refractivity contribution in [1.29, 1.82) is 0 Å². The highest BCUT2D eigenvalue weighted by Crippen LogP contribution is 2.30. The van der Waals surface area contributed by atoms with Crippen molar-refractivity contribution in [2.24, 2.45) is 7.05 Å². The molecule has 0 aliphatic heterocycles. The van der Waals surface area contributed by atoms with Gasteiger partial charge in [-0.3, -0.25) is 0 Å². The van der Waals surface area contributed by atoms with Crippen molar-refractivity contribution < 1.29 is 8.78 Å². The second-order valence-corrected chi connectivity index (χ2v) is 3.77. The zero-order valence-electron chi connectivity index (χ0n) is 9.67. The lowest BCUT2D eigenvalue weighted by Gasteiger charge is -2.03. The van der Waals surface area contributed by atoms with Gasteiger partial charge in [-0.1, -0.05) is 13.0 Å². The molecule has 3 nitrogen and oxygen atoms in total. The van der Waals surface area contributed by atoms with Crippen LogP contribution in [0.4, 0.5) is 14.6 Å². The Morgan fingerprint density at radius 3 is 2.35 bits per heavy atom. The molecule has 5 heteroatoms. The quantitative estimate of drug-likeness (QED) is 0.872. The maximum Gasteiger partial charge on any atom is 0.135 e. The molecule has 0 unspecified atom stereocenters. The Bertz CT molecular complexity index is 541. The Labute approximate surface area is 97.9 Å². The largest absolute Gasteiger partial charge is 0.383 e. The molecule has 0 radical (unpaired) electrons. The number of anilines is 1. The molecule has 0 aliphatic carbocycles. The van der Waals surface area contributed by atoms with Gasteiger partial charge in [-0.05, 0) is 12.1 Å². The third-order valence-corrected chi connectivity index (χ3v) is 2.75. The van der Waals surface area contributed by atoms with Crippen molar-refractivity contribution >= 4 is 5.82 Å². The summed E-state index contributed by atoms with van der Waals surface area (Å²) < 4.78 is 28.9. The summed E-state index contributed by atoms with van der Waals surface area (Å²) in [6.45, 7) is 1.91. The third kappa shape index (κ3) is 1.77. The van der Waals surface area contributed by atoms with E-state index in [0.29, 0.717) is 12.2 Å². The summed E-state index contributed by atoms with van der Waals surface area (Å²) in [5, 5.41) is 0. The molecule has 2 rings (SSSR count). The van der Waals surface area contributed by atoms with Crippen molar-refractivity contribution in [1.82, 2.24) is 9.55 Å². The summed E-state index contributed by atoms with van der Waals surface area (Å²) in [5.74, 6) is -0.346. The van der Waals surface area contributed by atoms with Crippen LogP contribution in [0.2, 0.25) is 0 Å². The van der Waals surface area contributed by atoms with Gasteiger partial charge in [-0.15, -0.1) is 0 Å². The van der Waals surface area contributed by atoms with Crippen LogP contribution in [0, 0.1) is 11.6 Å². The van der Waals surface area contributed by atoms with Crippen molar-refractivity contribution in [3.8, 4) is 11.3 Å². The first-order chi connectivity index (χ1) is 8.06. The number of nitrogen functional groups attached to an aromatic ring is 1. The van der Waals surface area contributed by atoms with Gasteiger partial charge in [0.05, 0.1) is 5.56 Å². The van der Waals surface area contributed by atoms with E-state index in [1.54, 1.807) is 11.6 Å². The Balaban J connectivity index is 2.69. The molecule has 17 heavy (non-hydrogen) atoms. The highest BCUT2D eigenvalue weighted by atomic mass is 19.1. The van der Waals surface area contributed by atoms with E-state index in [-0.39, 0.29) is 17.1 Å². The second kappa shape index (κ2) is 4.16. The van der Waals surface area contributed by atoms with Gasteiger partial charge in [-0.25, -0.2) is 13.8 Å². The number of nitrogens with two attached hydrogens (primary N) is 1. The van der Waals surface area contributed by atoms with Crippen LogP contribution in [-0.4, -0.2) is 9.55 Å². The Hall–Kier alpha value is -1.91. The van der Waals surface area contributed by atoms with Crippen molar-refractivity contribution in [3.63, 3.8) is 0 Å². The van der Waals surface area contributed by atoms with Crippen molar-refractivity contribution in [2.45, 2.75) is 13.3 Å². The fraction of sp³-hybridized carbons (Fsp3) is 0.250. The molecule has 0 fully saturated rings. The van der Waals surface area contributed by atoms with Crippen LogP contribution in [0.5, 0.6) is 0 Å². The van der Waals surface area contributed by atoms with Gasteiger partial charge in [0, 0.05) is 13.5 Å². The molecular weight excluding hydrogens is 224 g/mol. The third-order valence-electron chi connectivity index (χ3n) is 2.75. The fourth-order valence-corrected chi connectivity index (χ4v) is 1.78. The molecule has 0 saturated carbocycles. The van der Waals surface area contributed by atoms with E-state index in [9.17, 15) is 8.78 Å². The highest BCUT2D eigenvalue weighted by Gasteiger charge is 2.19. The van der Waals surface area contributed by atoms with E-state index in [4.69, 9.17) is 5.73 Å². The lowest BCUT2D eigenvalue weighted by Crippen LogP contribution is -2.01. The number of benzene rings is 1. The summed E-state index contributed by atoms with van der Waals surface area (Å²) in [7, 11) is 1.73. The van der Waals surface area contributed by atoms with E-state index in [0.717, 1.165) is 0 Å². The molecule has 2 N–H and O–H groups in total. The number of hydrogen-bond acceptors (Lipinski definition) is 2. The van der Waals surface area contributed by atoms with Crippen LogP contribution >= 0.6 is 0 Å². The highest BCUT2D eigenvalue weighted by molar-refractivity contribution is 5.72. The summed E-state index contributed by atoms with van der Waals surface area (Å²) >= 11 is 0. The van der Waals surface area contributed by atoms with Crippen LogP contribution in [-0.2, 0) is 13.5 Å². The molecule has 0 aliphatic rings. The fourth-order valence-electron chi connectivity index (χ4n) is 1.78. The average Bonchev–Trinajstić information content (AvgIpc) is 2.57. The van der Waals surface area contributed by atoms with E-state index in [1.165, 1.54) is 18.2 Å². The lowest BCUT2D eigenvalue weighted by molar-refractivity contribution is 0.589. The average molecular weight is 237 g/mol. The molecule has 0 bridgehead atoms. The van der Waals surface area contributed by atoms with Crippen LogP contribution in [0.15, 0.2) is 18.2 Å². The van der Waals surface area contributed by atoms with Crippen LogP contribution in [0.1, 0.15) is 12.7 Å². The first-order valence-electron chi connectivity index (χ1n) is 5.31. The molecule has 0 saturated heterocycles. The minimum Gasteiger partial charge on any atom is -0.383 e. The van der Waals surface area contributed by atoms with Gasteiger partial charge in [-0.2, -0.15) is 0 Å². The predicted octanol–water partition coefficient (Wildman–Crippen LogP) is 2.51. The number of imidazole rings is 1. The van der Waals surface area contributed by atoms with E-state index >= 15 is 0 Å². The number of nitrogens with zero attached hydrogens (tertiary/aromatic N) is 2. The van der Waals surface area contributed by atoms with Crippen LogP contribution in [0.3, 0.4) is 0 Å². The van der Waals surface area contributed by atoms with Crippen LogP contribution in [0.25, 0.3) is 11.3 Å². The standard InChI is InChI=1S/C12H13F2N3/c1-3-9-16-11(12(15)17(9)2)10-7(13)5-4-6-8(10)14/h4-6H,3,15H2,1-2H3. The minimum atomic E-state index is -0.655. The number of aromatic nitrogens is 2. The van der Waals surface area contributed by atoms with Crippen molar-refractivity contribution in [2.75, 3.05) is 5.73 Å². The zero-order valence-corrected chi connectivity index (χ0v) is 9.67. The monoisotopic (exact) mass is 237 g/mol. The number of rotatable bonds is 2. The molecule has 1 aromatic carbocycles. The Kier molecular flexibility index (Phi) is 2.83. The summed E-state index contributed by atoms with van der Waals surface area (Å²) in [6.07, 6.45) is 0.650. The first kappa shape index (κ1) is 11.6. The van der Waals surface area contributed by atoms with Gasteiger partial charge in [0.2, 0.25) is 0 Å². The summed E-state index contributed by atoms with van der Waals surface area (Å²) in [6, 6.07) is 3.70. The normalized spacial score (nSPS) is 10.8. The molecule has 90 valence electrons. The second-order valence-electron chi connectivity index (χ2n) is 3.77. The Morgan fingerprint density at radius 2 is 1.88 bits per heavy atom. The first-order valence-corrected chi connectivity index (χ1v) is 5.31. The molecule has 0 atom stereocenters. The van der Waals surface area contributed by atoms with Gasteiger partial charge in [0.15, 0.2) is 0 Å². The molecule has 1 aromatic heterocycles. The maximum atomic E-state index is 13.6.